The first-order valence-electron chi connectivity index (χ1n) is 4.18. The predicted molar refractivity (Wildman–Crippen MR) is 50.1 cm³/mol. The lowest BCUT2D eigenvalue weighted by molar-refractivity contribution is -0.669. The fraction of sp³-hybridized carbons (Fsp3) is 0.222. The van der Waals surface area contributed by atoms with Crippen molar-refractivity contribution in [3.05, 3.63) is 24.4 Å². The van der Waals surface area contributed by atoms with Crippen LogP contribution in [-0.2, 0) is 16.1 Å². The maximum Gasteiger partial charge on any atom is 0.298 e. The van der Waals surface area contributed by atoms with Gasteiger partial charge < -0.3 is 17.0 Å². The minimum absolute atomic E-state index is 0. The number of hydrogen-bond acceptors (Lipinski definition) is 3. The van der Waals surface area contributed by atoms with Gasteiger partial charge in [0.15, 0.2) is 6.29 Å². The summed E-state index contributed by atoms with van der Waals surface area (Å²) < 4.78 is 1.68. The molecule has 0 spiro atoms. The van der Waals surface area contributed by atoms with Gasteiger partial charge >= 0.3 is 0 Å². The fourth-order valence-corrected chi connectivity index (χ4v) is 0.981. The number of rotatable bonds is 4. The van der Waals surface area contributed by atoms with Gasteiger partial charge in [-0.15, -0.1) is 0 Å². The van der Waals surface area contributed by atoms with Crippen molar-refractivity contribution in [1.82, 2.24) is 5.43 Å². The highest BCUT2D eigenvalue weighted by Crippen LogP contribution is 1.95. The fourth-order valence-electron chi connectivity index (χ4n) is 0.981. The van der Waals surface area contributed by atoms with Crippen molar-refractivity contribution >= 4 is 18.0 Å². The average molecular weight is 274 g/mol. The van der Waals surface area contributed by atoms with E-state index in [9.17, 15) is 9.59 Å². The molecule has 1 rings (SSSR count). The molecule has 0 aliphatic rings. The molecule has 5 nitrogen and oxygen atoms in total. The number of aromatic nitrogens is 1. The molecule has 0 unspecified atom stereocenters. The summed E-state index contributed by atoms with van der Waals surface area (Å²) in [7, 11) is 0. The van der Waals surface area contributed by atoms with Gasteiger partial charge in [-0.3, -0.25) is 9.59 Å². The van der Waals surface area contributed by atoms with E-state index in [2.05, 4.69) is 10.9 Å². The number of aldehydes is 1. The van der Waals surface area contributed by atoms with Crippen molar-refractivity contribution in [3.8, 4) is 0 Å². The summed E-state index contributed by atoms with van der Waals surface area (Å²) in [6, 6.07) is 5.38. The predicted octanol–water partition coefficient (Wildman–Crippen LogP) is -3.36. The van der Waals surface area contributed by atoms with E-state index in [-0.39, 0.29) is 29.4 Å². The molecule has 2 N–H and O–H groups in total. The van der Waals surface area contributed by atoms with E-state index in [0.29, 0.717) is 5.82 Å². The molecule has 0 saturated carbocycles. The first-order chi connectivity index (χ1) is 6.74. The molecule has 0 fully saturated rings. The van der Waals surface area contributed by atoms with Crippen molar-refractivity contribution in [2.75, 3.05) is 5.43 Å². The Balaban J connectivity index is 0.00000196. The molecule has 0 aliphatic heterocycles. The van der Waals surface area contributed by atoms with Crippen LogP contribution in [0.4, 0.5) is 5.82 Å². The Hall–Kier alpha value is -1.43. The zero-order valence-corrected chi connectivity index (χ0v) is 9.82. The van der Waals surface area contributed by atoms with Crippen LogP contribution in [0.25, 0.3) is 0 Å². The van der Waals surface area contributed by atoms with Crippen molar-refractivity contribution in [2.24, 2.45) is 0 Å². The molecular formula is C9H12BrN3O2. The summed E-state index contributed by atoms with van der Waals surface area (Å²) in [4.78, 5) is 21.0. The summed E-state index contributed by atoms with van der Waals surface area (Å²) in [5.41, 5.74) is 5.14. The molecule has 0 aromatic carbocycles. The molecule has 0 bridgehead atoms. The van der Waals surface area contributed by atoms with Crippen molar-refractivity contribution in [2.45, 2.75) is 13.5 Å². The molecule has 0 saturated heterocycles. The molecule has 1 aromatic rings. The van der Waals surface area contributed by atoms with Crippen LogP contribution in [0.5, 0.6) is 0 Å². The zero-order valence-electron chi connectivity index (χ0n) is 8.24. The van der Waals surface area contributed by atoms with E-state index in [1.165, 1.54) is 6.92 Å². The summed E-state index contributed by atoms with van der Waals surface area (Å²) in [6.07, 6.45) is 2.54. The van der Waals surface area contributed by atoms with E-state index >= 15 is 0 Å². The third-order valence-corrected chi connectivity index (χ3v) is 1.58. The first kappa shape index (κ1) is 13.6. The van der Waals surface area contributed by atoms with Gasteiger partial charge in [0.25, 0.3) is 11.7 Å². The smallest absolute Gasteiger partial charge is 0.298 e. The topological polar surface area (TPSA) is 62.1 Å². The number of anilines is 1. The number of hydrazine groups is 1. The Labute approximate surface area is 98.2 Å². The molecular weight excluding hydrogens is 262 g/mol. The molecule has 0 radical (unpaired) electrons. The van der Waals surface area contributed by atoms with Gasteiger partial charge in [0, 0.05) is 13.0 Å². The number of hydrogen-bond donors (Lipinski definition) is 2. The molecule has 1 heterocycles. The second-order valence-corrected chi connectivity index (χ2v) is 2.71. The highest BCUT2D eigenvalue weighted by molar-refractivity contribution is 5.74. The largest absolute Gasteiger partial charge is 1.00 e. The minimum atomic E-state index is -0.188. The lowest BCUT2D eigenvalue weighted by Crippen LogP contribution is -3.00. The van der Waals surface area contributed by atoms with Gasteiger partial charge in [-0.2, -0.15) is 10.9 Å². The molecule has 1 aromatic heterocycles. The van der Waals surface area contributed by atoms with Crippen molar-refractivity contribution < 1.29 is 31.1 Å². The Bertz CT molecular complexity index is 344. The van der Waals surface area contributed by atoms with Crippen LogP contribution in [0, 0.1) is 0 Å². The number of carbonyl (C=O) groups is 2. The van der Waals surface area contributed by atoms with Crippen LogP contribution in [-0.4, -0.2) is 12.2 Å². The second kappa shape index (κ2) is 6.94. The van der Waals surface area contributed by atoms with E-state index in [1.807, 2.05) is 12.1 Å². The van der Waals surface area contributed by atoms with Crippen LogP contribution in [0.15, 0.2) is 24.4 Å². The van der Waals surface area contributed by atoms with Gasteiger partial charge in [0.05, 0.1) is 6.20 Å². The zero-order chi connectivity index (χ0) is 10.4. The normalized spacial score (nSPS) is 8.60. The highest BCUT2D eigenvalue weighted by atomic mass is 79.9. The summed E-state index contributed by atoms with van der Waals surface area (Å²) >= 11 is 0. The second-order valence-electron chi connectivity index (χ2n) is 2.71. The number of carbonyl (C=O) groups excluding carboxylic acids is 2. The van der Waals surface area contributed by atoms with Crippen LogP contribution in [0.1, 0.15) is 6.92 Å². The van der Waals surface area contributed by atoms with Crippen molar-refractivity contribution in [3.63, 3.8) is 0 Å². The van der Waals surface area contributed by atoms with Gasteiger partial charge in [-0.1, -0.05) is 6.07 Å². The molecule has 6 heteroatoms. The van der Waals surface area contributed by atoms with E-state index < -0.39 is 0 Å². The average Bonchev–Trinajstić information content (AvgIpc) is 2.17. The third-order valence-electron chi connectivity index (χ3n) is 1.58. The molecule has 0 aliphatic carbocycles. The Kier molecular flexibility index (Phi) is 6.28. The standard InChI is InChI=1S/C9H11N3O2.BrH/c1-8(14)10-11-9-4-2-3-5-12(9)6-7-13;/h2-5,7H,6H2,1H3,(H,10,14);1H. The molecule has 82 valence electrons. The Morgan fingerprint density at radius 3 is 2.87 bits per heavy atom. The van der Waals surface area contributed by atoms with E-state index in [4.69, 9.17) is 0 Å². The monoisotopic (exact) mass is 273 g/mol. The number of pyridine rings is 1. The van der Waals surface area contributed by atoms with Crippen LogP contribution < -0.4 is 32.4 Å². The third kappa shape index (κ3) is 4.55. The van der Waals surface area contributed by atoms with Gasteiger partial charge in [-0.05, 0) is 6.07 Å². The Morgan fingerprint density at radius 1 is 1.53 bits per heavy atom. The van der Waals surface area contributed by atoms with Gasteiger partial charge in [0.1, 0.15) is 6.54 Å². The molecule has 15 heavy (non-hydrogen) atoms. The first-order valence-corrected chi connectivity index (χ1v) is 4.18. The lowest BCUT2D eigenvalue weighted by atomic mass is 10.4. The SMILES string of the molecule is CC(=O)NNc1cccc[n+]1CC=O.[Br-]. The van der Waals surface area contributed by atoms with Crippen molar-refractivity contribution in [1.29, 1.82) is 0 Å². The van der Waals surface area contributed by atoms with Gasteiger partial charge in [-0.25, -0.2) is 4.57 Å². The molecule has 1 amide bonds. The van der Waals surface area contributed by atoms with E-state index in [1.54, 1.807) is 16.8 Å². The number of halogens is 1. The summed E-state index contributed by atoms with van der Waals surface area (Å²) in [6.45, 7) is 1.66. The maximum absolute atomic E-state index is 10.6. The molecule has 0 atom stereocenters. The number of amides is 1. The maximum atomic E-state index is 10.6. The van der Waals surface area contributed by atoms with Crippen LogP contribution in [0.2, 0.25) is 0 Å². The number of nitrogens with one attached hydrogen (secondary N) is 2. The Morgan fingerprint density at radius 2 is 2.27 bits per heavy atom. The van der Waals surface area contributed by atoms with Gasteiger partial charge in [0.2, 0.25) is 0 Å². The highest BCUT2D eigenvalue weighted by Gasteiger charge is 2.06. The minimum Gasteiger partial charge on any atom is -1.00 e. The lowest BCUT2D eigenvalue weighted by Gasteiger charge is -2.03. The van der Waals surface area contributed by atoms with Crippen LogP contribution >= 0.6 is 0 Å². The summed E-state index contributed by atoms with van der Waals surface area (Å²) in [5.74, 6) is 0.473. The van der Waals surface area contributed by atoms with E-state index in [0.717, 1.165) is 6.29 Å². The van der Waals surface area contributed by atoms with Crippen LogP contribution in [0.3, 0.4) is 0 Å². The quantitative estimate of drug-likeness (QED) is 0.342. The number of nitrogens with zero attached hydrogens (tertiary/aromatic N) is 1. The summed E-state index contributed by atoms with van der Waals surface area (Å²) in [5, 5.41) is 0.